The molecule has 2 fully saturated rings. The number of carbonyl (C=O) groups excluding carboxylic acids is 1. The summed E-state index contributed by atoms with van der Waals surface area (Å²) in [6.45, 7) is 0. The molecule has 0 N–H and O–H groups in total. The van der Waals surface area contributed by atoms with Crippen LogP contribution >= 0.6 is 22.6 Å². The zero-order valence-corrected chi connectivity index (χ0v) is 12.1. The number of hydrogen-bond donors (Lipinski definition) is 0. The average molecular weight is 352 g/mol. The van der Waals surface area contributed by atoms with Gasteiger partial charge in [-0.15, -0.1) is 0 Å². The molecule has 3 nitrogen and oxygen atoms in total. The number of carbonyl (C=O) groups is 1. The molecule has 1 saturated heterocycles. The molecule has 0 radical (unpaired) electrons. The first-order valence-electron chi connectivity index (χ1n) is 6.19. The van der Waals surface area contributed by atoms with E-state index in [1.165, 1.54) is 12.8 Å². The SMILES string of the molecule is O=C1C[C@H]2CCC[C@H]2N1c1ccc(C#CI)cn1. The number of halogens is 1. The van der Waals surface area contributed by atoms with Crippen molar-refractivity contribution in [3.8, 4) is 9.85 Å². The molecule has 0 aromatic carbocycles. The van der Waals surface area contributed by atoms with Gasteiger partial charge in [-0.2, -0.15) is 0 Å². The van der Waals surface area contributed by atoms with Gasteiger partial charge >= 0.3 is 0 Å². The van der Waals surface area contributed by atoms with E-state index in [0.29, 0.717) is 18.4 Å². The summed E-state index contributed by atoms with van der Waals surface area (Å²) >= 11 is 2.01. The van der Waals surface area contributed by atoms with Gasteiger partial charge in [0.2, 0.25) is 5.91 Å². The molecule has 1 saturated carbocycles. The van der Waals surface area contributed by atoms with E-state index in [1.54, 1.807) is 6.20 Å². The first-order valence-corrected chi connectivity index (χ1v) is 7.27. The van der Waals surface area contributed by atoms with Crippen molar-refractivity contribution < 1.29 is 4.79 Å². The molecule has 1 aromatic heterocycles. The van der Waals surface area contributed by atoms with Crippen molar-refractivity contribution in [3.05, 3.63) is 23.9 Å². The van der Waals surface area contributed by atoms with E-state index >= 15 is 0 Å². The first kappa shape index (κ1) is 12.0. The lowest BCUT2D eigenvalue weighted by Crippen LogP contribution is -2.33. The number of hydrogen-bond acceptors (Lipinski definition) is 2. The highest BCUT2D eigenvalue weighted by atomic mass is 127. The molecule has 1 aliphatic carbocycles. The predicted octanol–water partition coefficient (Wildman–Crippen LogP) is 2.73. The second-order valence-corrected chi connectivity index (χ2v) is 5.39. The molecule has 1 aromatic rings. The van der Waals surface area contributed by atoms with Gasteiger partial charge in [0.05, 0.1) is 0 Å². The summed E-state index contributed by atoms with van der Waals surface area (Å²) in [5.41, 5.74) is 0.891. The number of anilines is 1. The van der Waals surface area contributed by atoms with Gasteiger partial charge in [0, 0.05) is 46.8 Å². The Labute approximate surface area is 120 Å². The summed E-state index contributed by atoms with van der Waals surface area (Å²) in [4.78, 5) is 18.3. The molecule has 3 rings (SSSR count). The fourth-order valence-corrected chi connectivity index (χ4v) is 3.37. The zero-order valence-electron chi connectivity index (χ0n) is 9.90. The topological polar surface area (TPSA) is 33.2 Å². The lowest BCUT2D eigenvalue weighted by Gasteiger charge is -2.22. The van der Waals surface area contributed by atoms with Crippen LogP contribution in [0.4, 0.5) is 5.82 Å². The van der Waals surface area contributed by atoms with E-state index in [0.717, 1.165) is 17.8 Å². The molecule has 0 unspecified atom stereocenters. The Balaban J connectivity index is 1.88. The molecule has 4 heteroatoms. The van der Waals surface area contributed by atoms with Crippen LogP contribution in [0.25, 0.3) is 0 Å². The van der Waals surface area contributed by atoms with Gasteiger partial charge < -0.3 is 0 Å². The van der Waals surface area contributed by atoms with Crippen LogP contribution in [0.15, 0.2) is 18.3 Å². The summed E-state index contributed by atoms with van der Waals surface area (Å²) in [6, 6.07) is 4.23. The van der Waals surface area contributed by atoms with E-state index in [2.05, 4.69) is 14.8 Å². The van der Waals surface area contributed by atoms with Crippen LogP contribution in [-0.2, 0) is 4.79 Å². The Morgan fingerprint density at radius 2 is 2.28 bits per heavy atom. The van der Waals surface area contributed by atoms with E-state index in [9.17, 15) is 4.79 Å². The highest BCUT2D eigenvalue weighted by molar-refractivity contribution is 14.1. The van der Waals surface area contributed by atoms with Crippen LogP contribution < -0.4 is 4.90 Å². The van der Waals surface area contributed by atoms with Crippen molar-refractivity contribution in [1.82, 2.24) is 4.98 Å². The number of pyridine rings is 1. The molecule has 2 heterocycles. The van der Waals surface area contributed by atoms with Crippen LogP contribution in [0.1, 0.15) is 31.2 Å². The van der Waals surface area contributed by atoms with Gasteiger partial charge in [0.1, 0.15) is 5.82 Å². The van der Waals surface area contributed by atoms with Gasteiger partial charge in [0.25, 0.3) is 0 Å². The summed E-state index contributed by atoms with van der Waals surface area (Å²) in [7, 11) is 0. The summed E-state index contributed by atoms with van der Waals surface area (Å²) in [5.74, 6) is 4.52. The Morgan fingerprint density at radius 3 is 3.00 bits per heavy atom. The van der Waals surface area contributed by atoms with Crippen molar-refractivity contribution in [2.45, 2.75) is 31.7 Å². The molecular formula is C14H13IN2O. The third-order valence-corrected chi connectivity index (χ3v) is 4.11. The lowest BCUT2D eigenvalue weighted by molar-refractivity contribution is -0.117. The minimum atomic E-state index is 0.227. The van der Waals surface area contributed by atoms with E-state index in [4.69, 9.17) is 0 Å². The Kier molecular flexibility index (Phi) is 3.25. The summed E-state index contributed by atoms with van der Waals surface area (Å²) in [5, 5.41) is 0. The summed E-state index contributed by atoms with van der Waals surface area (Å²) < 4.78 is 2.82. The van der Waals surface area contributed by atoms with Gasteiger partial charge in [-0.1, -0.05) is 12.3 Å². The molecule has 0 bridgehead atoms. The zero-order chi connectivity index (χ0) is 12.5. The van der Waals surface area contributed by atoms with E-state index < -0.39 is 0 Å². The molecule has 1 aliphatic heterocycles. The maximum Gasteiger partial charge on any atom is 0.228 e. The standard InChI is InChI=1S/C14H13IN2O/c15-7-6-10-4-5-13(16-9-10)17-12-3-1-2-11(12)8-14(17)18/h4-5,9,11-12H,1-3,8H2/t11-,12-/m1/s1. The molecule has 92 valence electrons. The fourth-order valence-electron chi connectivity index (χ4n) is 3.06. The van der Waals surface area contributed by atoms with Crippen LogP contribution in [0.3, 0.4) is 0 Å². The highest BCUT2D eigenvalue weighted by Crippen LogP contribution is 2.40. The van der Waals surface area contributed by atoms with Crippen LogP contribution in [0, 0.1) is 15.8 Å². The molecular weight excluding hydrogens is 339 g/mol. The number of nitrogens with zero attached hydrogens (tertiary/aromatic N) is 2. The quantitative estimate of drug-likeness (QED) is 0.575. The van der Waals surface area contributed by atoms with Gasteiger partial charge in [0.15, 0.2) is 0 Å². The van der Waals surface area contributed by atoms with Crippen LogP contribution in [0.2, 0.25) is 0 Å². The molecule has 0 spiro atoms. The normalized spacial score (nSPS) is 25.8. The monoisotopic (exact) mass is 352 g/mol. The van der Waals surface area contributed by atoms with Gasteiger partial charge in [-0.25, -0.2) is 4.98 Å². The van der Waals surface area contributed by atoms with Crippen molar-refractivity contribution in [2.75, 3.05) is 4.90 Å². The second kappa shape index (κ2) is 4.88. The van der Waals surface area contributed by atoms with Crippen molar-refractivity contribution in [2.24, 2.45) is 5.92 Å². The second-order valence-electron chi connectivity index (χ2n) is 4.85. The maximum absolute atomic E-state index is 12.1. The van der Waals surface area contributed by atoms with Crippen molar-refractivity contribution in [1.29, 1.82) is 0 Å². The Morgan fingerprint density at radius 1 is 1.39 bits per heavy atom. The molecule has 1 amide bonds. The minimum Gasteiger partial charge on any atom is -0.293 e. The predicted molar refractivity (Wildman–Crippen MR) is 78.4 cm³/mol. The number of aromatic nitrogens is 1. The Bertz CT molecular complexity index is 529. The van der Waals surface area contributed by atoms with Crippen LogP contribution in [0.5, 0.6) is 0 Å². The van der Waals surface area contributed by atoms with Gasteiger partial charge in [-0.05, 0) is 34.8 Å². The number of fused-ring (bicyclic) bond motifs is 1. The molecule has 2 aliphatic rings. The third-order valence-electron chi connectivity index (χ3n) is 3.84. The number of rotatable bonds is 1. The minimum absolute atomic E-state index is 0.227. The lowest BCUT2D eigenvalue weighted by atomic mass is 10.0. The largest absolute Gasteiger partial charge is 0.293 e. The van der Waals surface area contributed by atoms with E-state index in [-0.39, 0.29) is 5.91 Å². The first-order chi connectivity index (χ1) is 8.79. The average Bonchev–Trinajstić information content (AvgIpc) is 2.91. The maximum atomic E-state index is 12.1. The Hall–Kier alpha value is -1.09. The number of amides is 1. The molecule has 2 atom stereocenters. The fraction of sp³-hybridized carbons (Fsp3) is 0.429. The highest BCUT2D eigenvalue weighted by Gasteiger charge is 2.43. The third kappa shape index (κ3) is 2.01. The van der Waals surface area contributed by atoms with Crippen LogP contribution in [-0.4, -0.2) is 16.9 Å². The van der Waals surface area contributed by atoms with Crippen molar-refractivity contribution >= 4 is 34.3 Å². The van der Waals surface area contributed by atoms with Crippen molar-refractivity contribution in [3.63, 3.8) is 0 Å². The van der Waals surface area contributed by atoms with E-state index in [1.807, 2.05) is 39.6 Å². The molecule has 18 heavy (non-hydrogen) atoms. The van der Waals surface area contributed by atoms with Gasteiger partial charge in [-0.3, -0.25) is 9.69 Å². The smallest absolute Gasteiger partial charge is 0.228 e. The summed E-state index contributed by atoms with van der Waals surface area (Å²) in [6.07, 6.45) is 5.98.